The molecule has 2 aromatic rings. The van der Waals surface area contributed by atoms with Crippen LogP contribution in [0.25, 0.3) is 0 Å². The van der Waals surface area contributed by atoms with Gasteiger partial charge in [-0.05, 0) is 23.8 Å². The quantitative estimate of drug-likeness (QED) is 0.385. The molecule has 0 unspecified atom stereocenters. The Kier molecular flexibility index (Phi) is 7.29. The van der Waals surface area contributed by atoms with Gasteiger partial charge >= 0.3 is 0 Å². The maximum Gasteiger partial charge on any atom is 0.193 e. The predicted octanol–water partition coefficient (Wildman–Crippen LogP) is 4.31. The molecular formula is C20H25FIN3O2. The number of anilines is 1. The average molecular weight is 485 g/mol. The van der Waals surface area contributed by atoms with Gasteiger partial charge in [-0.15, -0.1) is 24.0 Å². The summed E-state index contributed by atoms with van der Waals surface area (Å²) in [7, 11) is 0. The molecule has 146 valence electrons. The van der Waals surface area contributed by atoms with Crippen LogP contribution in [-0.2, 0) is 5.41 Å². The van der Waals surface area contributed by atoms with E-state index in [-0.39, 0.29) is 35.8 Å². The first-order valence-electron chi connectivity index (χ1n) is 8.67. The summed E-state index contributed by atoms with van der Waals surface area (Å²) in [6, 6.07) is 12.3. The molecule has 0 bridgehead atoms. The van der Waals surface area contributed by atoms with E-state index < -0.39 is 5.41 Å². The summed E-state index contributed by atoms with van der Waals surface area (Å²) in [5, 5.41) is 3.05. The smallest absolute Gasteiger partial charge is 0.193 e. The van der Waals surface area contributed by atoms with Gasteiger partial charge in [-0.3, -0.25) is 4.99 Å². The summed E-state index contributed by atoms with van der Waals surface area (Å²) in [5.41, 5.74) is 6.92. The van der Waals surface area contributed by atoms with Gasteiger partial charge in [0.2, 0.25) is 0 Å². The van der Waals surface area contributed by atoms with Gasteiger partial charge in [0.1, 0.15) is 5.82 Å². The van der Waals surface area contributed by atoms with Crippen molar-refractivity contribution in [1.29, 1.82) is 0 Å². The van der Waals surface area contributed by atoms with Crippen molar-refractivity contribution >= 4 is 35.6 Å². The van der Waals surface area contributed by atoms with Crippen molar-refractivity contribution in [3.8, 4) is 11.5 Å². The van der Waals surface area contributed by atoms with Gasteiger partial charge in [-0.1, -0.05) is 32.0 Å². The minimum absolute atomic E-state index is 0. The molecule has 7 heteroatoms. The second-order valence-corrected chi connectivity index (χ2v) is 6.90. The molecule has 0 fully saturated rings. The van der Waals surface area contributed by atoms with Crippen LogP contribution in [0.1, 0.15) is 25.8 Å². The van der Waals surface area contributed by atoms with Gasteiger partial charge in [0.25, 0.3) is 0 Å². The van der Waals surface area contributed by atoms with E-state index in [0.717, 1.165) is 17.9 Å². The number of ether oxygens (including phenoxy) is 2. The molecule has 1 aliphatic heterocycles. The van der Waals surface area contributed by atoms with E-state index in [9.17, 15) is 4.39 Å². The molecule has 0 saturated heterocycles. The number of hydrogen-bond donors (Lipinski definition) is 2. The largest absolute Gasteiger partial charge is 0.490 e. The molecule has 1 aliphatic rings. The molecule has 0 spiro atoms. The number of halogens is 2. The van der Waals surface area contributed by atoms with Crippen molar-refractivity contribution < 1.29 is 13.9 Å². The number of aliphatic imine (C=N–C) groups is 1. The van der Waals surface area contributed by atoms with Crippen LogP contribution in [0, 0.1) is 5.82 Å². The fraction of sp³-hybridized carbons (Fsp3) is 0.350. The molecule has 0 atom stereocenters. The van der Waals surface area contributed by atoms with E-state index in [0.29, 0.717) is 31.1 Å². The van der Waals surface area contributed by atoms with Crippen molar-refractivity contribution in [2.24, 2.45) is 10.7 Å². The highest BCUT2D eigenvalue weighted by Crippen LogP contribution is 2.32. The van der Waals surface area contributed by atoms with Crippen LogP contribution in [0.5, 0.6) is 11.5 Å². The molecular weight excluding hydrogens is 460 g/mol. The van der Waals surface area contributed by atoms with E-state index in [2.05, 4.69) is 10.3 Å². The molecule has 3 rings (SSSR count). The number of hydrogen-bond acceptors (Lipinski definition) is 3. The fourth-order valence-corrected chi connectivity index (χ4v) is 2.81. The van der Waals surface area contributed by atoms with Crippen LogP contribution >= 0.6 is 24.0 Å². The topological polar surface area (TPSA) is 68.9 Å². The zero-order valence-corrected chi connectivity index (χ0v) is 17.8. The molecule has 27 heavy (non-hydrogen) atoms. The lowest BCUT2D eigenvalue weighted by molar-refractivity contribution is 0.297. The monoisotopic (exact) mass is 485 g/mol. The number of nitrogens with zero attached hydrogens (tertiary/aromatic N) is 1. The summed E-state index contributed by atoms with van der Waals surface area (Å²) in [6.45, 7) is 5.51. The average Bonchev–Trinajstić information content (AvgIpc) is 2.85. The summed E-state index contributed by atoms with van der Waals surface area (Å²) in [6.07, 6.45) is 0.853. The fourth-order valence-electron chi connectivity index (χ4n) is 2.81. The van der Waals surface area contributed by atoms with Crippen molar-refractivity contribution in [1.82, 2.24) is 0 Å². The first kappa shape index (κ1) is 21.3. The van der Waals surface area contributed by atoms with E-state index >= 15 is 0 Å². The number of rotatable bonds is 4. The SMILES string of the molecule is CC(C)(CN=C(N)Nc1ccc2c(c1)OCCCO2)c1ccccc1F.I. The minimum Gasteiger partial charge on any atom is -0.490 e. The van der Waals surface area contributed by atoms with Crippen LogP contribution in [-0.4, -0.2) is 25.7 Å². The Balaban J connectivity index is 0.00000261. The van der Waals surface area contributed by atoms with Crippen LogP contribution < -0.4 is 20.5 Å². The Hall–Kier alpha value is -2.03. The number of nitrogens with two attached hydrogens (primary N) is 1. The van der Waals surface area contributed by atoms with E-state index in [1.54, 1.807) is 12.1 Å². The first-order chi connectivity index (χ1) is 12.5. The second-order valence-electron chi connectivity index (χ2n) is 6.90. The number of guanidine groups is 1. The number of nitrogens with one attached hydrogen (secondary N) is 1. The van der Waals surface area contributed by atoms with Crippen molar-refractivity contribution in [3.05, 3.63) is 53.8 Å². The zero-order valence-electron chi connectivity index (χ0n) is 15.5. The Bertz CT molecular complexity index is 812. The summed E-state index contributed by atoms with van der Waals surface area (Å²) in [4.78, 5) is 4.38. The number of benzene rings is 2. The van der Waals surface area contributed by atoms with E-state index in [4.69, 9.17) is 15.2 Å². The maximum atomic E-state index is 14.0. The lowest BCUT2D eigenvalue weighted by atomic mass is 9.84. The molecule has 5 nitrogen and oxygen atoms in total. The highest BCUT2D eigenvalue weighted by molar-refractivity contribution is 14.0. The molecule has 1 heterocycles. The normalized spacial score (nSPS) is 14.1. The molecule has 2 aromatic carbocycles. The third-order valence-electron chi connectivity index (χ3n) is 4.27. The summed E-state index contributed by atoms with van der Waals surface area (Å²) in [5.74, 6) is 1.45. The first-order valence-corrected chi connectivity index (χ1v) is 8.67. The van der Waals surface area contributed by atoms with Crippen molar-refractivity contribution in [2.75, 3.05) is 25.1 Å². The lowest BCUT2D eigenvalue weighted by Gasteiger charge is -2.23. The van der Waals surface area contributed by atoms with Crippen molar-refractivity contribution in [3.63, 3.8) is 0 Å². The maximum absolute atomic E-state index is 14.0. The molecule has 0 saturated carbocycles. The highest BCUT2D eigenvalue weighted by atomic mass is 127. The molecule has 0 amide bonds. The van der Waals surface area contributed by atoms with Gasteiger partial charge in [0.15, 0.2) is 17.5 Å². The third kappa shape index (κ3) is 5.47. The molecule has 0 radical (unpaired) electrons. The summed E-state index contributed by atoms with van der Waals surface area (Å²) >= 11 is 0. The van der Waals surface area contributed by atoms with Crippen LogP contribution in [0.3, 0.4) is 0 Å². The van der Waals surface area contributed by atoms with Crippen molar-refractivity contribution in [2.45, 2.75) is 25.7 Å². The van der Waals surface area contributed by atoms with Gasteiger partial charge in [0.05, 0.1) is 19.8 Å². The Morgan fingerprint density at radius 1 is 1.15 bits per heavy atom. The van der Waals surface area contributed by atoms with Crippen LogP contribution in [0.15, 0.2) is 47.5 Å². The third-order valence-corrected chi connectivity index (χ3v) is 4.27. The van der Waals surface area contributed by atoms with E-state index in [1.165, 1.54) is 6.07 Å². The van der Waals surface area contributed by atoms with Gasteiger partial charge in [-0.2, -0.15) is 0 Å². The lowest BCUT2D eigenvalue weighted by Crippen LogP contribution is -2.28. The Morgan fingerprint density at radius 2 is 1.85 bits per heavy atom. The minimum atomic E-state index is -0.470. The van der Waals surface area contributed by atoms with Crippen LogP contribution in [0.4, 0.5) is 10.1 Å². The molecule has 0 aliphatic carbocycles. The van der Waals surface area contributed by atoms with Gasteiger partial charge in [0, 0.05) is 23.6 Å². The zero-order chi connectivity index (χ0) is 18.6. The standard InChI is InChI=1S/C20H24FN3O2.HI/c1-20(2,15-6-3-4-7-16(15)21)13-23-19(22)24-14-8-9-17-18(12-14)26-11-5-10-25-17;/h3-4,6-9,12H,5,10-11,13H2,1-2H3,(H3,22,23,24);1H. The Morgan fingerprint density at radius 3 is 2.59 bits per heavy atom. The Labute approximate surface area is 176 Å². The molecule has 0 aromatic heterocycles. The predicted molar refractivity (Wildman–Crippen MR) is 117 cm³/mol. The number of fused-ring (bicyclic) bond motifs is 1. The second kappa shape index (κ2) is 9.25. The van der Waals surface area contributed by atoms with Gasteiger partial charge in [-0.25, -0.2) is 4.39 Å². The van der Waals surface area contributed by atoms with Gasteiger partial charge < -0.3 is 20.5 Å². The summed E-state index contributed by atoms with van der Waals surface area (Å²) < 4.78 is 25.3. The highest BCUT2D eigenvalue weighted by Gasteiger charge is 2.23. The molecule has 3 N–H and O–H groups in total. The van der Waals surface area contributed by atoms with E-state index in [1.807, 2.05) is 38.1 Å². The van der Waals surface area contributed by atoms with Crippen LogP contribution in [0.2, 0.25) is 0 Å².